The lowest BCUT2D eigenvalue weighted by molar-refractivity contribution is 0.152. The number of nitrogen functional groups attached to an aromatic ring is 1. The first-order valence-electron chi connectivity index (χ1n) is 5.32. The fourth-order valence-corrected chi connectivity index (χ4v) is 1.99. The second kappa shape index (κ2) is 3.09. The fraction of sp³-hybridized carbons (Fsp3) is 0.250. The van der Waals surface area contributed by atoms with E-state index in [0.717, 1.165) is 29.7 Å². The Bertz CT molecular complexity index is 529. The van der Waals surface area contributed by atoms with Gasteiger partial charge in [0.1, 0.15) is 5.82 Å². The van der Waals surface area contributed by atoms with E-state index in [1.54, 1.807) is 6.07 Å². The number of nitrogens with one attached hydrogen (secondary N) is 1. The van der Waals surface area contributed by atoms with Gasteiger partial charge in [0.25, 0.3) is 0 Å². The number of aromatic nitrogens is 2. The van der Waals surface area contributed by atoms with Gasteiger partial charge in [0, 0.05) is 11.6 Å². The Morgan fingerprint density at radius 1 is 1.31 bits per heavy atom. The number of rotatable bonds is 2. The third-order valence-electron chi connectivity index (χ3n) is 3.04. The number of benzene rings is 1. The molecule has 0 aliphatic heterocycles. The molecule has 0 saturated heterocycles. The SMILES string of the molecule is Nc1cc(-c2ccccc2C2(O)CC2)[nH]n1. The Morgan fingerprint density at radius 3 is 2.69 bits per heavy atom. The Kier molecular flexibility index (Phi) is 1.82. The fourth-order valence-electron chi connectivity index (χ4n) is 1.99. The molecule has 1 saturated carbocycles. The molecule has 82 valence electrons. The van der Waals surface area contributed by atoms with Gasteiger partial charge >= 0.3 is 0 Å². The van der Waals surface area contributed by atoms with Crippen LogP contribution in [0.15, 0.2) is 30.3 Å². The number of hydrogen-bond acceptors (Lipinski definition) is 3. The Balaban J connectivity index is 2.13. The molecule has 1 fully saturated rings. The molecule has 1 aliphatic carbocycles. The first-order chi connectivity index (χ1) is 7.69. The number of anilines is 1. The largest absolute Gasteiger partial charge is 0.385 e. The standard InChI is InChI=1S/C12H13N3O/c13-11-7-10(14-15-11)8-3-1-2-4-9(8)12(16)5-6-12/h1-4,7,16H,5-6H2,(H3,13,14,15). The Morgan fingerprint density at radius 2 is 2.06 bits per heavy atom. The molecular formula is C12H13N3O. The van der Waals surface area contributed by atoms with Crippen LogP contribution in [0.4, 0.5) is 5.82 Å². The van der Waals surface area contributed by atoms with Crippen molar-refractivity contribution in [2.75, 3.05) is 5.73 Å². The van der Waals surface area contributed by atoms with Gasteiger partial charge in [0.15, 0.2) is 0 Å². The average molecular weight is 215 g/mol. The van der Waals surface area contributed by atoms with Crippen LogP contribution in [0.3, 0.4) is 0 Å². The maximum absolute atomic E-state index is 10.2. The van der Waals surface area contributed by atoms with Crippen LogP contribution in [0.1, 0.15) is 18.4 Å². The predicted octanol–water partition coefficient (Wildman–Crippen LogP) is 1.64. The second-order valence-electron chi connectivity index (χ2n) is 4.28. The topological polar surface area (TPSA) is 74.9 Å². The lowest BCUT2D eigenvalue weighted by Gasteiger charge is -2.12. The molecule has 0 unspecified atom stereocenters. The van der Waals surface area contributed by atoms with Crippen molar-refractivity contribution >= 4 is 5.82 Å². The van der Waals surface area contributed by atoms with E-state index in [9.17, 15) is 5.11 Å². The summed E-state index contributed by atoms with van der Waals surface area (Å²) in [5.41, 5.74) is 7.73. The van der Waals surface area contributed by atoms with Gasteiger partial charge in [-0.25, -0.2) is 0 Å². The lowest BCUT2D eigenvalue weighted by atomic mass is 9.98. The zero-order chi connectivity index (χ0) is 11.2. The van der Waals surface area contributed by atoms with Crippen LogP contribution in [0.2, 0.25) is 0 Å². The van der Waals surface area contributed by atoms with Crippen LogP contribution in [0, 0.1) is 0 Å². The zero-order valence-electron chi connectivity index (χ0n) is 8.77. The summed E-state index contributed by atoms with van der Waals surface area (Å²) in [5.74, 6) is 0.465. The van der Waals surface area contributed by atoms with E-state index < -0.39 is 5.60 Å². The predicted molar refractivity (Wildman–Crippen MR) is 61.6 cm³/mol. The highest BCUT2D eigenvalue weighted by Crippen LogP contribution is 2.48. The maximum Gasteiger partial charge on any atom is 0.145 e. The monoisotopic (exact) mass is 215 g/mol. The van der Waals surface area contributed by atoms with Gasteiger partial charge in [-0.15, -0.1) is 0 Å². The molecule has 1 aromatic heterocycles. The third-order valence-corrected chi connectivity index (χ3v) is 3.04. The molecule has 1 aliphatic rings. The summed E-state index contributed by atoms with van der Waals surface area (Å²) < 4.78 is 0. The van der Waals surface area contributed by atoms with Gasteiger partial charge in [-0.1, -0.05) is 24.3 Å². The van der Waals surface area contributed by atoms with E-state index in [4.69, 9.17) is 5.73 Å². The van der Waals surface area contributed by atoms with Crippen LogP contribution < -0.4 is 5.73 Å². The van der Waals surface area contributed by atoms with E-state index in [2.05, 4.69) is 10.2 Å². The Labute approximate surface area is 93.1 Å². The average Bonchev–Trinajstić information content (AvgIpc) is 2.89. The van der Waals surface area contributed by atoms with Crippen LogP contribution in [0.25, 0.3) is 11.3 Å². The highest BCUT2D eigenvalue weighted by atomic mass is 16.3. The van der Waals surface area contributed by atoms with Crippen molar-refractivity contribution < 1.29 is 5.11 Å². The van der Waals surface area contributed by atoms with Crippen molar-refractivity contribution in [1.29, 1.82) is 0 Å². The molecule has 1 heterocycles. The van der Waals surface area contributed by atoms with Crippen LogP contribution >= 0.6 is 0 Å². The first-order valence-corrected chi connectivity index (χ1v) is 5.32. The molecule has 0 amide bonds. The number of aromatic amines is 1. The smallest absolute Gasteiger partial charge is 0.145 e. The third kappa shape index (κ3) is 1.39. The molecule has 4 nitrogen and oxygen atoms in total. The molecule has 0 radical (unpaired) electrons. The molecule has 4 heteroatoms. The van der Waals surface area contributed by atoms with Gasteiger partial charge in [-0.3, -0.25) is 5.10 Å². The van der Waals surface area contributed by atoms with E-state index in [0.29, 0.717) is 5.82 Å². The van der Waals surface area contributed by atoms with E-state index in [1.165, 1.54) is 0 Å². The van der Waals surface area contributed by atoms with Crippen molar-refractivity contribution in [2.24, 2.45) is 0 Å². The van der Waals surface area contributed by atoms with Crippen molar-refractivity contribution in [1.82, 2.24) is 10.2 Å². The highest BCUT2D eigenvalue weighted by Gasteiger charge is 2.43. The summed E-state index contributed by atoms with van der Waals surface area (Å²) in [6.07, 6.45) is 1.65. The van der Waals surface area contributed by atoms with E-state index >= 15 is 0 Å². The number of nitrogens with zero attached hydrogens (tertiary/aromatic N) is 1. The zero-order valence-corrected chi connectivity index (χ0v) is 8.77. The maximum atomic E-state index is 10.2. The van der Waals surface area contributed by atoms with Gasteiger partial charge in [-0.2, -0.15) is 5.10 Å². The highest BCUT2D eigenvalue weighted by molar-refractivity contribution is 5.67. The minimum Gasteiger partial charge on any atom is -0.385 e. The van der Waals surface area contributed by atoms with Crippen LogP contribution in [-0.2, 0) is 5.60 Å². The molecule has 0 atom stereocenters. The summed E-state index contributed by atoms with van der Waals surface area (Å²) in [6.45, 7) is 0. The molecule has 0 spiro atoms. The molecule has 4 N–H and O–H groups in total. The molecule has 2 aromatic rings. The van der Waals surface area contributed by atoms with Gasteiger partial charge in [0.2, 0.25) is 0 Å². The van der Waals surface area contributed by atoms with Gasteiger partial charge in [0.05, 0.1) is 11.3 Å². The van der Waals surface area contributed by atoms with Crippen molar-refractivity contribution in [2.45, 2.75) is 18.4 Å². The van der Waals surface area contributed by atoms with Crippen LogP contribution in [-0.4, -0.2) is 15.3 Å². The van der Waals surface area contributed by atoms with Gasteiger partial charge < -0.3 is 10.8 Å². The number of H-pyrrole nitrogens is 1. The summed E-state index contributed by atoms with van der Waals surface area (Å²) in [4.78, 5) is 0. The lowest BCUT2D eigenvalue weighted by Crippen LogP contribution is -2.06. The molecule has 16 heavy (non-hydrogen) atoms. The van der Waals surface area contributed by atoms with E-state index in [1.807, 2.05) is 24.3 Å². The minimum atomic E-state index is -0.642. The van der Waals surface area contributed by atoms with Crippen molar-refractivity contribution in [3.05, 3.63) is 35.9 Å². The molecule has 1 aromatic carbocycles. The second-order valence-corrected chi connectivity index (χ2v) is 4.28. The number of nitrogens with two attached hydrogens (primary N) is 1. The minimum absolute atomic E-state index is 0.465. The van der Waals surface area contributed by atoms with Gasteiger partial charge in [-0.05, 0) is 18.4 Å². The molecule has 3 rings (SSSR count). The summed E-state index contributed by atoms with van der Waals surface area (Å²) in [7, 11) is 0. The quantitative estimate of drug-likeness (QED) is 0.712. The number of aliphatic hydroxyl groups is 1. The van der Waals surface area contributed by atoms with Crippen LogP contribution in [0.5, 0.6) is 0 Å². The normalized spacial score (nSPS) is 17.3. The van der Waals surface area contributed by atoms with Crippen molar-refractivity contribution in [3.63, 3.8) is 0 Å². The van der Waals surface area contributed by atoms with E-state index in [-0.39, 0.29) is 0 Å². The Hall–Kier alpha value is -1.81. The molecular weight excluding hydrogens is 202 g/mol. The summed E-state index contributed by atoms with van der Waals surface area (Å²) in [6, 6.07) is 9.60. The summed E-state index contributed by atoms with van der Waals surface area (Å²) >= 11 is 0. The summed E-state index contributed by atoms with van der Waals surface area (Å²) in [5, 5.41) is 17.0. The first kappa shape index (κ1) is 9.42. The van der Waals surface area contributed by atoms with Crippen molar-refractivity contribution in [3.8, 4) is 11.3 Å². The molecule has 0 bridgehead atoms. The number of hydrogen-bond donors (Lipinski definition) is 3.